The van der Waals surface area contributed by atoms with Crippen molar-refractivity contribution in [3.8, 4) is 0 Å². The van der Waals surface area contributed by atoms with E-state index in [0.717, 1.165) is 18.5 Å². The van der Waals surface area contributed by atoms with Gasteiger partial charge in [0.05, 0.1) is 5.59 Å². The van der Waals surface area contributed by atoms with Crippen LogP contribution in [0.4, 0.5) is 13.2 Å². The average molecular weight is 243 g/mol. The molecule has 2 heterocycles. The third-order valence-electron chi connectivity index (χ3n) is 2.06. The molecule has 0 aliphatic rings. The van der Waals surface area contributed by atoms with E-state index in [-0.39, 0.29) is 16.6 Å². The Morgan fingerprint density at radius 1 is 1.12 bits per heavy atom. The molecule has 5 nitrogen and oxygen atoms in total. The summed E-state index contributed by atoms with van der Waals surface area (Å²) in [5.74, 6) is 0. The Bertz CT molecular complexity index is 561. The van der Waals surface area contributed by atoms with Gasteiger partial charge in [-0.05, 0) is 12.1 Å². The molecule has 0 aliphatic heterocycles. The van der Waals surface area contributed by atoms with E-state index >= 15 is 0 Å². The zero-order valence-electron chi connectivity index (χ0n) is 8.18. The Kier molecular flexibility index (Phi) is 2.72. The van der Waals surface area contributed by atoms with Gasteiger partial charge in [-0.1, -0.05) is 0 Å². The molecule has 0 atom stereocenters. The molecule has 9 heteroatoms. The number of hydrogen-bond donors (Lipinski definition) is 2. The highest BCUT2D eigenvalue weighted by Crippen LogP contribution is 2.28. The van der Waals surface area contributed by atoms with E-state index in [1.807, 2.05) is 0 Å². The monoisotopic (exact) mass is 243 g/mol. The molecule has 0 bridgehead atoms. The first-order chi connectivity index (χ1) is 7.89. The minimum atomic E-state index is -4.57. The molecule has 0 amide bonds. The van der Waals surface area contributed by atoms with Crippen LogP contribution in [0.25, 0.3) is 11.0 Å². The van der Waals surface area contributed by atoms with Crippen LogP contribution < -0.4 is 5.59 Å². The van der Waals surface area contributed by atoms with Crippen LogP contribution in [0.15, 0.2) is 18.5 Å². The maximum absolute atomic E-state index is 12.4. The van der Waals surface area contributed by atoms with E-state index in [2.05, 4.69) is 15.0 Å². The van der Waals surface area contributed by atoms with Crippen molar-refractivity contribution in [1.29, 1.82) is 0 Å². The summed E-state index contributed by atoms with van der Waals surface area (Å²) in [6.45, 7) is 0. The lowest BCUT2D eigenvalue weighted by Gasteiger charge is -2.07. The van der Waals surface area contributed by atoms with Gasteiger partial charge in [0, 0.05) is 5.39 Å². The molecule has 0 aromatic carbocycles. The number of nitrogens with zero attached hydrogens (tertiary/aromatic N) is 3. The first-order valence-corrected chi connectivity index (χ1v) is 4.44. The molecule has 0 fully saturated rings. The van der Waals surface area contributed by atoms with Crippen molar-refractivity contribution >= 4 is 23.7 Å². The fourth-order valence-electron chi connectivity index (χ4n) is 1.33. The van der Waals surface area contributed by atoms with Gasteiger partial charge in [-0.2, -0.15) is 13.2 Å². The molecule has 0 spiro atoms. The molecular weight excluding hydrogens is 238 g/mol. The number of fused-ring (bicyclic) bond motifs is 1. The highest BCUT2D eigenvalue weighted by molar-refractivity contribution is 6.60. The molecular formula is C8H5BF3N3O2. The molecule has 0 saturated carbocycles. The Labute approximate surface area is 93.1 Å². The largest absolute Gasteiger partial charge is 0.508 e. The number of halogens is 3. The second-order valence-corrected chi connectivity index (χ2v) is 3.20. The van der Waals surface area contributed by atoms with Gasteiger partial charge in [0.2, 0.25) is 0 Å². The van der Waals surface area contributed by atoms with Crippen molar-refractivity contribution < 1.29 is 23.2 Å². The second-order valence-electron chi connectivity index (χ2n) is 3.20. The van der Waals surface area contributed by atoms with Gasteiger partial charge in [-0.15, -0.1) is 0 Å². The minimum absolute atomic E-state index is 0.0653. The predicted octanol–water partition coefficient (Wildman–Crippen LogP) is -0.277. The Morgan fingerprint density at radius 2 is 1.82 bits per heavy atom. The Hall–Kier alpha value is -1.74. The van der Waals surface area contributed by atoms with Gasteiger partial charge >= 0.3 is 13.3 Å². The fraction of sp³-hybridized carbons (Fsp3) is 0.125. The molecule has 88 valence electrons. The lowest BCUT2D eigenvalue weighted by Crippen LogP contribution is -2.33. The molecule has 0 radical (unpaired) electrons. The maximum atomic E-state index is 12.4. The lowest BCUT2D eigenvalue weighted by atomic mass is 9.83. The molecule has 2 aromatic rings. The number of pyridine rings is 1. The van der Waals surface area contributed by atoms with Crippen molar-refractivity contribution in [3.05, 3.63) is 24.2 Å². The summed E-state index contributed by atoms with van der Waals surface area (Å²) in [5, 5.41) is 18.0. The van der Waals surface area contributed by atoms with Crippen molar-refractivity contribution in [1.82, 2.24) is 15.0 Å². The number of aromatic nitrogens is 3. The van der Waals surface area contributed by atoms with Crippen LogP contribution in [0.1, 0.15) is 5.69 Å². The highest BCUT2D eigenvalue weighted by Gasteiger charge is 2.33. The zero-order chi connectivity index (χ0) is 12.6. The van der Waals surface area contributed by atoms with Gasteiger partial charge in [-0.3, -0.25) is 0 Å². The van der Waals surface area contributed by atoms with Crippen LogP contribution >= 0.6 is 0 Å². The van der Waals surface area contributed by atoms with Gasteiger partial charge in [-0.25, -0.2) is 15.0 Å². The second kappa shape index (κ2) is 3.93. The summed E-state index contributed by atoms with van der Waals surface area (Å²) in [4.78, 5) is 10.4. The summed E-state index contributed by atoms with van der Waals surface area (Å²) in [6.07, 6.45) is -3.65. The normalized spacial score (nSPS) is 11.8. The van der Waals surface area contributed by atoms with Gasteiger partial charge < -0.3 is 10.0 Å². The smallest absolute Gasteiger partial charge is 0.422 e. The molecule has 2 rings (SSSR count). The fourth-order valence-corrected chi connectivity index (χ4v) is 1.33. The first-order valence-electron chi connectivity index (χ1n) is 4.44. The maximum Gasteiger partial charge on any atom is 0.508 e. The molecule has 17 heavy (non-hydrogen) atoms. The molecule has 2 N–H and O–H groups in total. The van der Waals surface area contributed by atoms with Crippen LogP contribution in [0.3, 0.4) is 0 Å². The van der Waals surface area contributed by atoms with Gasteiger partial charge in [0.1, 0.15) is 12.0 Å². The summed E-state index contributed by atoms with van der Waals surface area (Å²) in [7, 11) is -1.89. The van der Waals surface area contributed by atoms with E-state index in [0.29, 0.717) is 0 Å². The lowest BCUT2D eigenvalue weighted by molar-refractivity contribution is -0.141. The van der Waals surface area contributed by atoms with E-state index in [1.165, 1.54) is 0 Å². The zero-order valence-corrected chi connectivity index (χ0v) is 8.18. The van der Waals surface area contributed by atoms with Gasteiger partial charge in [0.25, 0.3) is 0 Å². The van der Waals surface area contributed by atoms with Gasteiger partial charge in [0.15, 0.2) is 5.65 Å². The molecule has 0 saturated heterocycles. The van der Waals surface area contributed by atoms with E-state index < -0.39 is 19.0 Å². The van der Waals surface area contributed by atoms with E-state index in [1.54, 1.807) is 0 Å². The summed E-state index contributed by atoms with van der Waals surface area (Å²) >= 11 is 0. The third kappa shape index (κ3) is 2.20. The third-order valence-corrected chi connectivity index (χ3v) is 2.06. The van der Waals surface area contributed by atoms with Crippen molar-refractivity contribution in [2.24, 2.45) is 0 Å². The van der Waals surface area contributed by atoms with Crippen LogP contribution in [-0.4, -0.2) is 32.1 Å². The van der Waals surface area contributed by atoms with Crippen LogP contribution in [-0.2, 0) is 6.18 Å². The topological polar surface area (TPSA) is 79.1 Å². The Morgan fingerprint density at radius 3 is 2.41 bits per heavy atom. The Balaban J connectivity index is 2.65. The SMILES string of the molecule is OB(O)c1ncnc2nc(C(F)(F)F)ccc12. The van der Waals surface area contributed by atoms with Crippen LogP contribution in [0.5, 0.6) is 0 Å². The average Bonchev–Trinajstić information content (AvgIpc) is 2.26. The standard InChI is InChI=1S/C8H5BF3N3O2/c10-8(11,12)5-2-1-4-6(9(16)17)13-3-14-7(4)15-5/h1-3,16-17H. The van der Waals surface area contributed by atoms with Crippen molar-refractivity contribution in [3.63, 3.8) is 0 Å². The summed E-state index contributed by atoms with van der Waals surface area (Å²) < 4.78 is 37.1. The highest BCUT2D eigenvalue weighted by atomic mass is 19.4. The van der Waals surface area contributed by atoms with Crippen molar-refractivity contribution in [2.45, 2.75) is 6.18 Å². The minimum Gasteiger partial charge on any atom is -0.422 e. The molecule has 0 aliphatic carbocycles. The molecule has 2 aromatic heterocycles. The van der Waals surface area contributed by atoms with E-state index in [9.17, 15) is 13.2 Å². The first kappa shape index (κ1) is 11.7. The van der Waals surface area contributed by atoms with Crippen molar-refractivity contribution in [2.75, 3.05) is 0 Å². The number of rotatable bonds is 1. The van der Waals surface area contributed by atoms with Crippen LogP contribution in [0.2, 0.25) is 0 Å². The van der Waals surface area contributed by atoms with E-state index in [4.69, 9.17) is 10.0 Å². The summed E-state index contributed by atoms with van der Waals surface area (Å²) in [6, 6.07) is 1.79. The quantitative estimate of drug-likeness (QED) is 0.673. The number of alkyl halides is 3. The molecule has 0 unspecified atom stereocenters. The van der Waals surface area contributed by atoms with Crippen LogP contribution in [0, 0.1) is 0 Å². The summed E-state index contributed by atoms with van der Waals surface area (Å²) in [5.41, 5.74) is -1.52. The predicted molar refractivity (Wildman–Crippen MR) is 52.2 cm³/mol. The number of hydrogen-bond acceptors (Lipinski definition) is 5.